The van der Waals surface area contributed by atoms with E-state index in [4.69, 9.17) is 4.74 Å². The molecule has 0 aromatic heterocycles. The first-order valence-corrected chi connectivity index (χ1v) is 17.1. The quantitative estimate of drug-likeness (QED) is 0.0857. The number of rotatable bonds is 12. The average molecular weight is 742 g/mol. The summed E-state index contributed by atoms with van der Waals surface area (Å²) in [7, 11) is 0. The third-order valence-corrected chi connectivity index (χ3v) is 8.81. The van der Waals surface area contributed by atoms with E-state index in [1.165, 1.54) is 12.1 Å². The van der Waals surface area contributed by atoms with Gasteiger partial charge in [0.1, 0.15) is 6.61 Å². The van der Waals surface area contributed by atoms with Crippen LogP contribution in [-0.4, -0.2) is 30.3 Å². The number of halogens is 3. The summed E-state index contributed by atoms with van der Waals surface area (Å²) in [6.45, 7) is -0.611. The number of amides is 3. The van der Waals surface area contributed by atoms with Crippen LogP contribution in [0.2, 0.25) is 0 Å². The van der Waals surface area contributed by atoms with Crippen LogP contribution in [0.15, 0.2) is 164 Å². The molecule has 8 nitrogen and oxygen atoms in total. The second-order valence-corrected chi connectivity index (χ2v) is 12.5. The number of hydrogen-bond donors (Lipinski definition) is 3. The fourth-order valence-electron chi connectivity index (χ4n) is 5.90. The molecule has 0 fully saturated rings. The zero-order valence-electron chi connectivity index (χ0n) is 29.2. The van der Waals surface area contributed by atoms with E-state index < -0.39 is 47.5 Å². The SMILES string of the molecule is O=C(Cc1ccc(NC(=O)c2ccccc2-c2ccc(C(F)(F)F)cc2)cc1)OCC(C(=O)Nc1ccccc1)(C(=O)Nc1ccccc1)c1ccccc1. The normalized spacial score (nSPS) is 11.3. The lowest BCUT2D eigenvalue weighted by atomic mass is 9.78. The molecule has 0 unspecified atom stereocenters. The summed E-state index contributed by atoms with van der Waals surface area (Å²) >= 11 is 0. The lowest BCUT2D eigenvalue weighted by Crippen LogP contribution is -2.53. The first-order chi connectivity index (χ1) is 26.5. The van der Waals surface area contributed by atoms with E-state index >= 15 is 0 Å². The van der Waals surface area contributed by atoms with Crippen molar-refractivity contribution in [3.63, 3.8) is 0 Å². The van der Waals surface area contributed by atoms with Crippen LogP contribution in [-0.2, 0) is 37.1 Å². The highest BCUT2D eigenvalue weighted by Crippen LogP contribution is 2.33. The molecule has 0 aliphatic rings. The van der Waals surface area contributed by atoms with E-state index in [2.05, 4.69) is 16.0 Å². The molecular formula is C44H34F3N3O5. The molecule has 11 heteroatoms. The number of carbonyl (C=O) groups excluding carboxylic acids is 4. The highest BCUT2D eigenvalue weighted by atomic mass is 19.4. The summed E-state index contributed by atoms with van der Waals surface area (Å²) in [6, 6.07) is 43.2. The van der Waals surface area contributed by atoms with Crippen molar-refractivity contribution in [3.8, 4) is 11.1 Å². The zero-order valence-corrected chi connectivity index (χ0v) is 29.2. The number of anilines is 3. The number of benzene rings is 6. The van der Waals surface area contributed by atoms with E-state index in [0.717, 1.165) is 12.1 Å². The molecule has 0 aliphatic heterocycles. The minimum Gasteiger partial charge on any atom is -0.463 e. The summed E-state index contributed by atoms with van der Waals surface area (Å²) in [4.78, 5) is 55.0. The summed E-state index contributed by atoms with van der Waals surface area (Å²) in [5.74, 6) is -2.60. The molecule has 0 spiro atoms. The second-order valence-electron chi connectivity index (χ2n) is 12.5. The van der Waals surface area contributed by atoms with Crippen LogP contribution in [0.1, 0.15) is 27.0 Å². The van der Waals surface area contributed by atoms with Gasteiger partial charge in [0.05, 0.1) is 12.0 Å². The van der Waals surface area contributed by atoms with Gasteiger partial charge in [-0.15, -0.1) is 0 Å². The summed E-state index contributed by atoms with van der Waals surface area (Å²) in [5.41, 5.74) is 0.502. The minimum atomic E-state index is -4.48. The maximum Gasteiger partial charge on any atom is 0.416 e. The van der Waals surface area contributed by atoms with Crippen LogP contribution in [0.5, 0.6) is 0 Å². The maximum atomic E-state index is 14.2. The molecule has 0 radical (unpaired) electrons. The van der Waals surface area contributed by atoms with Gasteiger partial charge in [-0.05, 0) is 76.9 Å². The van der Waals surface area contributed by atoms with Gasteiger partial charge in [-0.1, -0.05) is 109 Å². The van der Waals surface area contributed by atoms with Crippen molar-refractivity contribution in [3.05, 3.63) is 186 Å². The number of hydrogen-bond acceptors (Lipinski definition) is 5. The molecule has 55 heavy (non-hydrogen) atoms. The summed E-state index contributed by atoms with van der Waals surface area (Å²) in [5, 5.41) is 8.41. The van der Waals surface area contributed by atoms with Crippen molar-refractivity contribution in [2.45, 2.75) is 18.0 Å². The highest BCUT2D eigenvalue weighted by molar-refractivity contribution is 6.19. The number of esters is 1. The van der Waals surface area contributed by atoms with Crippen molar-refractivity contribution < 1.29 is 37.1 Å². The molecule has 6 aromatic rings. The Morgan fingerprint density at radius 2 is 1.00 bits per heavy atom. The number of alkyl halides is 3. The Kier molecular flexibility index (Phi) is 11.5. The van der Waals surface area contributed by atoms with Crippen molar-refractivity contribution >= 4 is 40.8 Å². The molecule has 0 atom stereocenters. The van der Waals surface area contributed by atoms with Crippen LogP contribution in [0.4, 0.5) is 30.2 Å². The predicted octanol–water partition coefficient (Wildman–Crippen LogP) is 8.93. The van der Waals surface area contributed by atoms with Gasteiger partial charge in [0.25, 0.3) is 5.91 Å². The van der Waals surface area contributed by atoms with Gasteiger partial charge in [0.15, 0.2) is 5.41 Å². The second kappa shape index (κ2) is 16.8. The number of para-hydroxylation sites is 2. The monoisotopic (exact) mass is 741 g/mol. The van der Waals surface area contributed by atoms with Gasteiger partial charge in [0, 0.05) is 22.6 Å². The van der Waals surface area contributed by atoms with E-state index in [0.29, 0.717) is 39.3 Å². The molecule has 276 valence electrons. The Balaban J connectivity index is 1.17. The third kappa shape index (κ3) is 9.14. The maximum absolute atomic E-state index is 14.2. The Morgan fingerprint density at radius 3 is 1.55 bits per heavy atom. The van der Waals surface area contributed by atoms with Crippen LogP contribution in [0.3, 0.4) is 0 Å². The van der Waals surface area contributed by atoms with Crippen LogP contribution in [0.25, 0.3) is 11.1 Å². The van der Waals surface area contributed by atoms with Gasteiger partial charge in [-0.3, -0.25) is 19.2 Å². The molecule has 0 saturated heterocycles. The Labute approximate surface area is 315 Å². The standard InChI is InChI=1S/C44H34F3N3O5/c45-44(46,47)33-24-22-31(23-25-33)37-18-10-11-19-38(37)40(52)48-36-26-20-30(21-27-36)28-39(51)55-29-43(32-12-4-1-5-13-32,41(53)49-34-14-6-2-7-15-34)42(54)50-35-16-8-3-9-17-35/h1-27H,28-29H2,(H,48,52)(H,49,53)(H,50,54). The van der Waals surface area contributed by atoms with E-state index in [-0.39, 0.29) is 12.0 Å². The number of ether oxygens (including phenoxy) is 1. The highest BCUT2D eigenvalue weighted by Gasteiger charge is 2.49. The van der Waals surface area contributed by atoms with Gasteiger partial charge in [-0.2, -0.15) is 13.2 Å². The molecule has 0 bridgehead atoms. The van der Waals surface area contributed by atoms with Gasteiger partial charge < -0.3 is 20.7 Å². The molecule has 6 aromatic carbocycles. The third-order valence-electron chi connectivity index (χ3n) is 8.81. The van der Waals surface area contributed by atoms with Crippen LogP contribution >= 0.6 is 0 Å². The van der Waals surface area contributed by atoms with Crippen molar-refractivity contribution in [2.24, 2.45) is 0 Å². The smallest absolute Gasteiger partial charge is 0.416 e. The molecule has 0 aliphatic carbocycles. The minimum absolute atomic E-state index is 0.212. The Hall–Kier alpha value is -7.01. The molecule has 3 amide bonds. The average Bonchev–Trinajstić information content (AvgIpc) is 3.20. The molecule has 6 rings (SSSR count). The summed E-state index contributed by atoms with van der Waals surface area (Å²) in [6.07, 6.45) is -4.69. The Bertz CT molecular complexity index is 2210. The molecule has 0 heterocycles. The lowest BCUT2D eigenvalue weighted by molar-refractivity contribution is -0.148. The number of nitrogens with one attached hydrogen (secondary N) is 3. The van der Waals surface area contributed by atoms with Crippen molar-refractivity contribution in [1.82, 2.24) is 0 Å². The van der Waals surface area contributed by atoms with E-state index in [9.17, 15) is 32.3 Å². The molecule has 0 saturated carbocycles. The summed E-state index contributed by atoms with van der Waals surface area (Å²) < 4.78 is 45.0. The van der Waals surface area contributed by atoms with Crippen molar-refractivity contribution in [2.75, 3.05) is 22.6 Å². The van der Waals surface area contributed by atoms with Gasteiger partial charge in [-0.25, -0.2) is 0 Å². The van der Waals surface area contributed by atoms with Crippen LogP contribution < -0.4 is 16.0 Å². The predicted molar refractivity (Wildman–Crippen MR) is 204 cm³/mol. The van der Waals surface area contributed by atoms with Crippen molar-refractivity contribution in [1.29, 1.82) is 0 Å². The van der Waals surface area contributed by atoms with Gasteiger partial charge >= 0.3 is 12.1 Å². The number of carbonyl (C=O) groups is 4. The van der Waals surface area contributed by atoms with E-state index in [1.807, 2.05) is 0 Å². The Morgan fingerprint density at radius 1 is 0.509 bits per heavy atom. The molecule has 3 N–H and O–H groups in total. The van der Waals surface area contributed by atoms with E-state index in [1.54, 1.807) is 140 Å². The zero-order chi connectivity index (χ0) is 38.8. The topological polar surface area (TPSA) is 114 Å². The first-order valence-electron chi connectivity index (χ1n) is 17.1. The van der Waals surface area contributed by atoms with Gasteiger partial charge in [0.2, 0.25) is 11.8 Å². The molecular weight excluding hydrogens is 707 g/mol. The fourth-order valence-corrected chi connectivity index (χ4v) is 5.90. The first kappa shape index (κ1) is 37.7. The fraction of sp³-hybridized carbons (Fsp3) is 0.0909. The lowest BCUT2D eigenvalue weighted by Gasteiger charge is -2.31. The van der Waals surface area contributed by atoms with Crippen LogP contribution in [0, 0.1) is 0 Å². The largest absolute Gasteiger partial charge is 0.463 e.